The second kappa shape index (κ2) is 5.82. The maximum atomic E-state index is 8.88. The molecule has 4 heteroatoms. The van der Waals surface area contributed by atoms with Gasteiger partial charge in [0.15, 0.2) is 0 Å². The van der Waals surface area contributed by atoms with E-state index >= 15 is 0 Å². The van der Waals surface area contributed by atoms with Gasteiger partial charge in [-0.1, -0.05) is 0 Å². The van der Waals surface area contributed by atoms with E-state index < -0.39 is 0 Å². The fraction of sp³-hybridized carbons (Fsp3) is 0.143. The number of aromatic hydroxyl groups is 2. The highest BCUT2D eigenvalue weighted by atomic mass is 16.3. The van der Waals surface area contributed by atoms with Crippen LogP contribution in [-0.4, -0.2) is 10.2 Å². The largest absolute Gasteiger partial charge is 0.508 e. The van der Waals surface area contributed by atoms with Crippen molar-refractivity contribution in [3.05, 3.63) is 47.5 Å². The Morgan fingerprint density at radius 3 is 1.28 bits per heavy atom. The van der Waals surface area contributed by atoms with Crippen LogP contribution < -0.4 is 11.5 Å². The topological polar surface area (TPSA) is 92.5 Å². The van der Waals surface area contributed by atoms with Crippen molar-refractivity contribution in [3.8, 4) is 11.5 Å². The highest BCUT2D eigenvalue weighted by molar-refractivity contribution is 5.49. The van der Waals surface area contributed by atoms with Crippen LogP contribution in [0.3, 0.4) is 0 Å². The lowest BCUT2D eigenvalue weighted by Gasteiger charge is -1.97. The molecule has 4 nitrogen and oxygen atoms in total. The molecule has 0 aliphatic heterocycles. The molecule has 18 heavy (non-hydrogen) atoms. The van der Waals surface area contributed by atoms with Crippen molar-refractivity contribution in [1.82, 2.24) is 0 Å². The molecule has 0 aliphatic carbocycles. The normalized spacial score (nSPS) is 9.44. The van der Waals surface area contributed by atoms with Crippen molar-refractivity contribution in [1.29, 1.82) is 0 Å². The van der Waals surface area contributed by atoms with Gasteiger partial charge in [0.25, 0.3) is 0 Å². The van der Waals surface area contributed by atoms with Crippen molar-refractivity contribution >= 4 is 11.4 Å². The van der Waals surface area contributed by atoms with Crippen LogP contribution in [0.1, 0.15) is 11.1 Å². The molecule has 96 valence electrons. The average Bonchev–Trinajstić information content (AvgIpc) is 2.30. The minimum Gasteiger partial charge on any atom is -0.508 e. The molecule has 2 aromatic carbocycles. The van der Waals surface area contributed by atoms with Gasteiger partial charge in [0, 0.05) is 11.4 Å². The minimum absolute atomic E-state index is 0.265. The van der Waals surface area contributed by atoms with Gasteiger partial charge in [0.05, 0.1) is 0 Å². The summed E-state index contributed by atoms with van der Waals surface area (Å²) in [7, 11) is 0. The highest BCUT2D eigenvalue weighted by Gasteiger charge is 1.92. The molecule has 0 heterocycles. The second-order valence-corrected chi connectivity index (χ2v) is 4.08. The molecule has 0 radical (unpaired) electrons. The van der Waals surface area contributed by atoms with Crippen LogP contribution in [0.4, 0.5) is 11.4 Å². The van der Waals surface area contributed by atoms with Gasteiger partial charge in [-0.2, -0.15) is 0 Å². The van der Waals surface area contributed by atoms with E-state index in [9.17, 15) is 0 Å². The van der Waals surface area contributed by atoms with Crippen molar-refractivity contribution in [2.75, 3.05) is 11.5 Å². The van der Waals surface area contributed by atoms with Gasteiger partial charge >= 0.3 is 0 Å². The zero-order valence-corrected chi connectivity index (χ0v) is 10.5. The Balaban J connectivity index is 0.000000180. The number of nitrogens with two attached hydrogens (primary N) is 2. The van der Waals surface area contributed by atoms with E-state index in [0.717, 1.165) is 11.1 Å². The minimum atomic E-state index is 0.265. The first-order valence-corrected chi connectivity index (χ1v) is 5.50. The van der Waals surface area contributed by atoms with Gasteiger partial charge in [0.2, 0.25) is 0 Å². The average molecular weight is 246 g/mol. The molecule has 2 aromatic rings. The summed E-state index contributed by atoms with van der Waals surface area (Å²) in [6.07, 6.45) is 0. The fourth-order valence-corrected chi connectivity index (χ4v) is 1.32. The molecule has 0 saturated heterocycles. The van der Waals surface area contributed by atoms with E-state index in [1.165, 1.54) is 0 Å². The van der Waals surface area contributed by atoms with Gasteiger partial charge < -0.3 is 21.7 Å². The van der Waals surface area contributed by atoms with Crippen molar-refractivity contribution in [2.24, 2.45) is 0 Å². The smallest absolute Gasteiger partial charge is 0.115 e. The zero-order chi connectivity index (χ0) is 13.7. The second-order valence-electron chi connectivity index (χ2n) is 4.08. The predicted octanol–water partition coefficient (Wildman–Crippen LogP) is 2.57. The summed E-state index contributed by atoms with van der Waals surface area (Å²) >= 11 is 0. The van der Waals surface area contributed by atoms with Crippen LogP contribution in [-0.2, 0) is 0 Å². The van der Waals surface area contributed by atoms with Crippen LogP contribution >= 0.6 is 0 Å². The third kappa shape index (κ3) is 3.90. The summed E-state index contributed by atoms with van der Waals surface area (Å²) in [6, 6.07) is 9.78. The number of hydrogen-bond donors (Lipinski definition) is 4. The summed E-state index contributed by atoms with van der Waals surface area (Å²) < 4.78 is 0. The summed E-state index contributed by atoms with van der Waals surface area (Å²) in [5, 5.41) is 17.8. The number of nitrogen functional groups attached to an aromatic ring is 2. The predicted molar refractivity (Wildman–Crippen MR) is 74.5 cm³/mol. The molecule has 0 aromatic heterocycles. The summed E-state index contributed by atoms with van der Waals surface area (Å²) in [5.74, 6) is 0.531. The molecule has 0 saturated carbocycles. The number of hydrogen-bond acceptors (Lipinski definition) is 4. The molecule has 0 aliphatic rings. The van der Waals surface area contributed by atoms with Crippen LogP contribution in [0.15, 0.2) is 36.4 Å². The third-order valence-electron chi connectivity index (χ3n) is 2.51. The number of phenolic OH excluding ortho intramolecular Hbond substituents is 2. The van der Waals surface area contributed by atoms with Crippen LogP contribution in [0.5, 0.6) is 11.5 Å². The Hall–Kier alpha value is -2.36. The zero-order valence-electron chi connectivity index (χ0n) is 10.5. The van der Waals surface area contributed by atoms with E-state index in [-0.39, 0.29) is 11.5 Å². The Morgan fingerprint density at radius 1 is 0.722 bits per heavy atom. The quantitative estimate of drug-likeness (QED) is 0.424. The first kappa shape index (κ1) is 13.7. The molecule has 0 spiro atoms. The number of benzene rings is 2. The monoisotopic (exact) mass is 246 g/mol. The van der Waals surface area contributed by atoms with Gasteiger partial charge in [0.1, 0.15) is 11.5 Å². The molecule has 2 rings (SSSR count). The molecule has 6 N–H and O–H groups in total. The van der Waals surface area contributed by atoms with Crippen LogP contribution in [0.2, 0.25) is 0 Å². The van der Waals surface area contributed by atoms with E-state index in [2.05, 4.69) is 0 Å². The van der Waals surface area contributed by atoms with Crippen LogP contribution in [0.25, 0.3) is 0 Å². The van der Waals surface area contributed by atoms with Gasteiger partial charge in [-0.25, -0.2) is 0 Å². The van der Waals surface area contributed by atoms with Crippen molar-refractivity contribution in [3.63, 3.8) is 0 Å². The lowest BCUT2D eigenvalue weighted by molar-refractivity contribution is 0.474. The van der Waals surface area contributed by atoms with Gasteiger partial charge in [-0.15, -0.1) is 0 Å². The first-order valence-electron chi connectivity index (χ1n) is 5.50. The lowest BCUT2D eigenvalue weighted by Crippen LogP contribution is -1.86. The summed E-state index contributed by atoms with van der Waals surface area (Å²) in [6.45, 7) is 3.71. The van der Waals surface area contributed by atoms with E-state index in [1.54, 1.807) is 36.4 Å². The number of anilines is 2. The summed E-state index contributed by atoms with van der Waals surface area (Å²) in [5.41, 5.74) is 14.2. The Kier molecular flexibility index (Phi) is 4.43. The lowest BCUT2D eigenvalue weighted by atomic mass is 10.2. The standard InChI is InChI=1S/2C7H9NO/c2*1-5-4-6(9)2-3-7(5)8/h2*2-4,9H,8H2,1H3. The van der Waals surface area contributed by atoms with E-state index in [1.807, 2.05) is 13.8 Å². The molecule has 0 atom stereocenters. The SMILES string of the molecule is Cc1cc(O)ccc1N.Cc1cc(O)ccc1N. The maximum absolute atomic E-state index is 8.88. The number of phenols is 2. The van der Waals surface area contributed by atoms with E-state index in [4.69, 9.17) is 21.7 Å². The van der Waals surface area contributed by atoms with E-state index in [0.29, 0.717) is 11.4 Å². The molecular weight excluding hydrogens is 228 g/mol. The van der Waals surface area contributed by atoms with Crippen LogP contribution in [0, 0.1) is 13.8 Å². The molecule has 0 fully saturated rings. The summed E-state index contributed by atoms with van der Waals surface area (Å²) in [4.78, 5) is 0. The Bertz CT molecular complexity index is 490. The molecule has 0 amide bonds. The number of aryl methyl sites for hydroxylation is 2. The fourth-order valence-electron chi connectivity index (χ4n) is 1.32. The Morgan fingerprint density at radius 2 is 1.06 bits per heavy atom. The molecule has 0 unspecified atom stereocenters. The van der Waals surface area contributed by atoms with Crippen molar-refractivity contribution in [2.45, 2.75) is 13.8 Å². The highest BCUT2D eigenvalue weighted by Crippen LogP contribution is 2.16. The third-order valence-corrected chi connectivity index (χ3v) is 2.51. The number of rotatable bonds is 0. The van der Waals surface area contributed by atoms with Crippen molar-refractivity contribution < 1.29 is 10.2 Å². The van der Waals surface area contributed by atoms with Gasteiger partial charge in [-0.3, -0.25) is 0 Å². The van der Waals surface area contributed by atoms with Gasteiger partial charge in [-0.05, 0) is 61.4 Å². The first-order chi connectivity index (χ1) is 8.40. The Labute approximate surface area is 106 Å². The maximum Gasteiger partial charge on any atom is 0.115 e. The molecular formula is C14H18N2O2. The molecule has 0 bridgehead atoms.